The Balaban J connectivity index is 1.76. The lowest BCUT2D eigenvalue weighted by molar-refractivity contribution is -0.133. The molecule has 1 fully saturated rings. The Bertz CT molecular complexity index is 842. The van der Waals surface area contributed by atoms with Gasteiger partial charge in [0.2, 0.25) is 0 Å². The number of amides is 1. The number of nitrogens with zero attached hydrogens (tertiary/aromatic N) is 2. The molecule has 26 heavy (non-hydrogen) atoms. The van der Waals surface area contributed by atoms with E-state index in [1.807, 2.05) is 25.1 Å². The van der Waals surface area contributed by atoms with E-state index in [4.69, 9.17) is 16.3 Å². The van der Waals surface area contributed by atoms with E-state index in [0.29, 0.717) is 22.5 Å². The molecule has 1 aliphatic rings. The summed E-state index contributed by atoms with van der Waals surface area (Å²) in [4.78, 5) is 19.0. The molecule has 4 nitrogen and oxygen atoms in total. The van der Waals surface area contributed by atoms with E-state index in [1.54, 1.807) is 11.8 Å². The molecule has 2 aromatic carbocycles. The maximum absolute atomic E-state index is 13.0. The molecule has 0 radical (unpaired) electrons. The number of thioether (sulfide) groups is 1. The molecule has 136 valence electrons. The summed E-state index contributed by atoms with van der Waals surface area (Å²) in [7, 11) is 0. The van der Waals surface area contributed by atoms with Crippen LogP contribution in [0.25, 0.3) is 0 Å². The summed E-state index contributed by atoms with van der Waals surface area (Å²) in [5, 5.41) is 1.27. The van der Waals surface area contributed by atoms with Gasteiger partial charge in [-0.25, -0.2) is 9.38 Å². The second-order valence-electron chi connectivity index (χ2n) is 5.83. The second kappa shape index (κ2) is 8.10. The first kappa shape index (κ1) is 18.7. The molecular weight excluding hydrogens is 375 g/mol. The van der Waals surface area contributed by atoms with E-state index >= 15 is 0 Å². The zero-order valence-corrected chi connectivity index (χ0v) is 16.0. The van der Waals surface area contributed by atoms with Crippen molar-refractivity contribution in [2.75, 3.05) is 12.3 Å². The van der Waals surface area contributed by atoms with Crippen LogP contribution in [0.15, 0.2) is 47.5 Å². The van der Waals surface area contributed by atoms with Gasteiger partial charge in [-0.1, -0.05) is 29.4 Å². The van der Waals surface area contributed by atoms with E-state index in [9.17, 15) is 9.18 Å². The number of carbonyl (C=O) groups is 1. The molecule has 0 N–H and O–H groups in total. The molecule has 1 amide bonds. The number of hydrogen-bond donors (Lipinski definition) is 0. The lowest BCUT2D eigenvalue weighted by Crippen LogP contribution is -2.41. The lowest BCUT2D eigenvalue weighted by Gasteiger charge is -2.21. The fourth-order valence-corrected chi connectivity index (χ4v) is 3.63. The third kappa shape index (κ3) is 4.19. The first-order chi connectivity index (χ1) is 12.5. The van der Waals surface area contributed by atoms with Crippen LogP contribution in [-0.4, -0.2) is 34.4 Å². The summed E-state index contributed by atoms with van der Waals surface area (Å²) in [5.74, 6) is 0.688. The van der Waals surface area contributed by atoms with E-state index in [-0.39, 0.29) is 11.7 Å². The van der Waals surface area contributed by atoms with Crippen LogP contribution in [0.3, 0.4) is 0 Å². The van der Waals surface area contributed by atoms with Crippen LogP contribution in [-0.2, 0) is 4.79 Å². The van der Waals surface area contributed by atoms with Crippen molar-refractivity contribution >= 4 is 40.1 Å². The molecule has 0 bridgehead atoms. The number of benzene rings is 2. The number of rotatable bonds is 4. The van der Waals surface area contributed by atoms with Gasteiger partial charge in [-0.05, 0) is 55.8 Å². The van der Waals surface area contributed by atoms with Crippen LogP contribution in [0.2, 0.25) is 5.02 Å². The molecule has 1 heterocycles. The maximum Gasteiger partial charge on any atom is 0.269 e. The van der Waals surface area contributed by atoms with Crippen molar-refractivity contribution in [2.24, 2.45) is 4.99 Å². The van der Waals surface area contributed by atoms with E-state index < -0.39 is 6.10 Å². The fourth-order valence-electron chi connectivity index (χ4n) is 2.51. The van der Waals surface area contributed by atoms with Crippen molar-refractivity contribution in [1.29, 1.82) is 0 Å². The van der Waals surface area contributed by atoms with Crippen molar-refractivity contribution in [3.05, 3.63) is 58.9 Å². The highest BCUT2D eigenvalue weighted by Gasteiger charge is 2.30. The van der Waals surface area contributed by atoms with Crippen molar-refractivity contribution in [1.82, 2.24) is 4.90 Å². The SMILES string of the molecule is Cc1c(Cl)cccc1N=C1SCCN1C(=O)C(C)Oc1ccc(F)cc1. The Labute approximate surface area is 161 Å². The van der Waals surface area contributed by atoms with Gasteiger partial charge < -0.3 is 4.74 Å². The van der Waals surface area contributed by atoms with E-state index in [0.717, 1.165) is 17.0 Å². The molecule has 3 rings (SSSR count). The topological polar surface area (TPSA) is 41.9 Å². The minimum Gasteiger partial charge on any atom is -0.481 e. The van der Waals surface area contributed by atoms with Gasteiger partial charge in [-0.15, -0.1) is 0 Å². The predicted octanol–water partition coefficient (Wildman–Crippen LogP) is 4.82. The second-order valence-corrected chi connectivity index (χ2v) is 7.30. The highest BCUT2D eigenvalue weighted by molar-refractivity contribution is 8.14. The van der Waals surface area contributed by atoms with Gasteiger partial charge >= 0.3 is 0 Å². The largest absolute Gasteiger partial charge is 0.481 e. The Morgan fingerprint density at radius 1 is 1.31 bits per heavy atom. The van der Waals surface area contributed by atoms with Crippen LogP contribution in [0.5, 0.6) is 5.75 Å². The van der Waals surface area contributed by atoms with Crippen molar-refractivity contribution in [3.63, 3.8) is 0 Å². The molecule has 1 saturated heterocycles. The summed E-state index contributed by atoms with van der Waals surface area (Å²) < 4.78 is 18.6. The molecule has 0 aromatic heterocycles. The fraction of sp³-hybridized carbons (Fsp3) is 0.263. The molecule has 1 atom stereocenters. The molecule has 0 aliphatic carbocycles. The monoisotopic (exact) mass is 392 g/mol. The smallest absolute Gasteiger partial charge is 0.269 e. The molecule has 7 heteroatoms. The van der Waals surface area contributed by atoms with Gasteiger partial charge in [0.15, 0.2) is 11.3 Å². The molecule has 0 spiro atoms. The minimum atomic E-state index is -0.704. The Kier molecular flexibility index (Phi) is 5.84. The first-order valence-electron chi connectivity index (χ1n) is 8.16. The minimum absolute atomic E-state index is 0.183. The number of amidine groups is 1. The standard InChI is InChI=1S/C19H18ClFN2O2S/c1-12-16(20)4-3-5-17(12)22-19-23(10-11-26-19)18(24)13(2)25-15-8-6-14(21)7-9-15/h3-9,13H,10-11H2,1-2H3. The van der Waals surface area contributed by atoms with Gasteiger partial charge in [-0.2, -0.15) is 0 Å². The Morgan fingerprint density at radius 2 is 2.04 bits per heavy atom. The quantitative estimate of drug-likeness (QED) is 0.749. The van der Waals surface area contributed by atoms with E-state index in [2.05, 4.69) is 4.99 Å². The summed E-state index contributed by atoms with van der Waals surface area (Å²) in [5.41, 5.74) is 1.61. The van der Waals surface area contributed by atoms with E-state index in [1.165, 1.54) is 36.0 Å². The van der Waals surface area contributed by atoms with Crippen LogP contribution >= 0.6 is 23.4 Å². The summed E-state index contributed by atoms with van der Waals surface area (Å²) in [6.07, 6.45) is -0.704. The third-order valence-electron chi connectivity index (χ3n) is 3.97. The summed E-state index contributed by atoms with van der Waals surface area (Å²) in [6, 6.07) is 11.1. The average molecular weight is 393 g/mol. The van der Waals surface area contributed by atoms with Gasteiger partial charge in [0.1, 0.15) is 11.6 Å². The summed E-state index contributed by atoms with van der Waals surface area (Å²) in [6.45, 7) is 4.14. The molecule has 1 aliphatic heterocycles. The molecule has 2 aromatic rings. The highest BCUT2D eigenvalue weighted by Crippen LogP contribution is 2.29. The highest BCUT2D eigenvalue weighted by atomic mass is 35.5. The van der Waals surface area contributed by atoms with Gasteiger partial charge in [0.25, 0.3) is 5.91 Å². The number of hydrogen-bond acceptors (Lipinski definition) is 4. The van der Waals surface area contributed by atoms with Gasteiger partial charge in [0, 0.05) is 17.3 Å². The Morgan fingerprint density at radius 3 is 2.77 bits per heavy atom. The van der Waals surface area contributed by atoms with Gasteiger partial charge in [0.05, 0.1) is 5.69 Å². The summed E-state index contributed by atoms with van der Waals surface area (Å²) >= 11 is 7.67. The molecule has 1 unspecified atom stereocenters. The zero-order valence-electron chi connectivity index (χ0n) is 14.4. The maximum atomic E-state index is 13.0. The first-order valence-corrected chi connectivity index (χ1v) is 9.52. The van der Waals surface area contributed by atoms with Crippen molar-refractivity contribution in [2.45, 2.75) is 20.0 Å². The number of carbonyl (C=O) groups excluding carboxylic acids is 1. The van der Waals surface area contributed by atoms with Crippen LogP contribution < -0.4 is 4.74 Å². The predicted molar refractivity (Wildman–Crippen MR) is 104 cm³/mol. The normalized spacial score (nSPS) is 16.8. The molecule has 0 saturated carbocycles. The third-order valence-corrected chi connectivity index (χ3v) is 5.34. The number of aliphatic imine (C=N–C) groups is 1. The average Bonchev–Trinajstić information content (AvgIpc) is 3.08. The van der Waals surface area contributed by atoms with Gasteiger partial charge in [-0.3, -0.25) is 9.69 Å². The zero-order chi connectivity index (χ0) is 18.7. The Hall–Kier alpha value is -2.05. The number of ether oxygens (including phenoxy) is 1. The van der Waals surface area contributed by atoms with Crippen molar-refractivity contribution in [3.8, 4) is 5.75 Å². The van der Waals surface area contributed by atoms with Crippen molar-refractivity contribution < 1.29 is 13.9 Å². The van der Waals surface area contributed by atoms with Crippen LogP contribution in [0.4, 0.5) is 10.1 Å². The van der Waals surface area contributed by atoms with Crippen LogP contribution in [0, 0.1) is 12.7 Å². The van der Waals surface area contributed by atoms with Crippen LogP contribution in [0.1, 0.15) is 12.5 Å². The lowest BCUT2D eigenvalue weighted by atomic mass is 10.2. The number of halogens is 2. The molecular formula is C19H18ClFN2O2S.